The number of benzene rings is 4. The Hall–Kier alpha value is -3.56. The van der Waals surface area contributed by atoms with E-state index in [9.17, 15) is 0 Å². The predicted molar refractivity (Wildman–Crippen MR) is 212 cm³/mol. The average Bonchev–Trinajstić information content (AvgIpc) is 3.10. The Kier molecular flexibility index (Phi) is 14.6. The van der Waals surface area contributed by atoms with Crippen LogP contribution >= 0.6 is 21.2 Å². The second-order valence-corrected chi connectivity index (χ2v) is 17.4. The maximum atomic E-state index is 5.99. The van der Waals surface area contributed by atoms with E-state index in [2.05, 4.69) is 15.3 Å². The van der Waals surface area contributed by atoms with E-state index in [1.54, 1.807) is 54.2 Å². The van der Waals surface area contributed by atoms with Gasteiger partial charge >= 0.3 is 0 Å². The highest BCUT2D eigenvalue weighted by molar-refractivity contribution is 8.02. The molecule has 0 bridgehead atoms. The van der Waals surface area contributed by atoms with E-state index in [0.29, 0.717) is 11.5 Å². The molecule has 0 saturated heterocycles. The van der Waals surface area contributed by atoms with Crippen molar-refractivity contribution in [2.24, 2.45) is 15.3 Å². The van der Waals surface area contributed by atoms with E-state index in [1.807, 2.05) is 111 Å². The Morgan fingerprint density at radius 2 is 0.750 bits per heavy atom. The lowest BCUT2D eigenvalue weighted by Crippen LogP contribution is -2.04. The van der Waals surface area contributed by atoms with Crippen LogP contribution in [0.3, 0.4) is 0 Å². The first-order valence-electron chi connectivity index (χ1n) is 14.5. The van der Waals surface area contributed by atoms with Crippen LogP contribution in [0.4, 0.5) is 0 Å². The summed E-state index contributed by atoms with van der Waals surface area (Å²) in [7, 11) is 1.68. The van der Waals surface area contributed by atoms with Crippen molar-refractivity contribution in [3.05, 3.63) is 119 Å². The molecule has 10 nitrogen and oxygen atoms in total. The van der Waals surface area contributed by atoms with Crippen molar-refractivity contribution < 1.29 is 18.3 Å². The largest absolute Gasteiger partial charge is 0.497 e. The summed E-state index contributed by atoms with van der Waals surface area (Å²) >= 11 is 16.7. The highest BCUT2D eigenvalue weighted by atomic mass is 32.4. The zero-order chi connectivity index (χ0) is 34.5. The first kappa shape index (κ1) is 37.3. The van der Waals surface area contributed by atoms with Gasteiger partial charge in [-0.25, -0.2) is 14.3 Å². The van der Waals surface area contributed by atoms with Gasteiger partial charge in [0.1, 0.15) is 23.0 Å². The molecule has 0 N–H and O–H groups in total. The van der Waals surface area contributed by atoms with Crippen molar-refractivity contribution in [1.29, 1.82) is 0 Å². The highest BCUT2D eigenvalue weighted by Gasteiger charge is 2.06. The molecule has 0 amide bonds. The highest BCUT2D eigenvalue weighted by Crippen LogP contribution is 2.33. The minimum Gasteiger partial charge on any atom is -0.497 e. The molecule has 0 heterocycles. The van der Waals surface area contributed by atoms with E-state index in [4.69, 9.17) is 53.7 Å². The molecule has 0 fully saturated rings. The Bertz CT molecular complexity index is 1790. The standard InChI is InChI=1S/C32H37N6O4P3S3/c1-25-6-14-30(15-7-25)40-43(46)36(2)34-23-27-10-18-32(19-11-27)42-45(48)38(4)35-24-28-12-20-31(21-13-28)41-44(47)37(3)33-22-26-8-16-29(39-5)17-9-26/h6-24,43-45H,1-5H3/b33-22+,34-23+,35-24+. The van der Waals surface area contributed by atoms with E-state index in [0.717, 1.165) is 33.8 Å². The van der Waals surface area contributed by atoms with Crippen molar-refractivity contribution >= 4 is 75.3 Å². The van der Waals surface area contributed by atoms with Gasteiger partial charge in [0.15, 0.2) is 0 Å². The summed E-state index contributed by atoms with van der Waals surface area (Å²) in [6.07, 6.45) is 5.20. The molecule has 48 heavy (non-hydrogen) atoms. The molecule has 0 aromatic heterocycles. The van der Waals surface area contributed by atoms with Crippen LogP contribution in [0.25, 0.3) is 0 Å². The predicted octanol–water partition coefficient (Wildman–Crippen LogP) is 7.56. The fourth-order valence-electron chi connectivity index (χ4n) is 3.64. The van der Waals surface area contributed by atoms with Crippen LogP contribution in [0, 0.1) is 6.92 Å². The van der Waals surface area contributed by atoms with Crippen LogP contribution in [-0.2, 0) is 35.4 Å². The molecule has 4 aromatic rings. The molecule has 0 spiro atoms. The zero-order valence-electron chi connectivity index (χ0n) is 27.0. The third-order valence-corrected chi connectivity index (χ3v) is 12.7. The van der Waals surface area contributed by atoms with E-state index < -0.39 is 21.2 Å². The minimum atomic E-state index is -1.84. The summed E-state index contributed by atoms with van der Waals surface area (Å²) in [5.41, 5.74) is 3.87. The molecule has 0 saturated carbocycles. The smallest absolute Gasteiger partial charge is 0.207 e. The average molecular weight is 759 g/mol. The number of hydrogen-bond acceptors (Lipinski definition) is 10. The summed E-state index contributed by atoms with van der Waals surface area (Å²) in [5.74, 6) is 2.85. The first-order chi connectivity index (χ1) is 23.1. The van der Waals surface area contributed by atoms with Crippen molar-refractivity contribution in [1.82, 2.24) is 14.3 Å². The molecule has 252 valence electrons. The van der Waals surface area contributed by atoms with Crippen molar-refractivity contribution in [2.45, 2.75) is 6.92 Å². The van der Waals surface area contributed by atoms with E-state index in [1.165, 1.54) is 0 Å². The number of methoxy groups -OCH3 is 1. The van der Waals surface area contributed by atoms with Crippen LogP contribution in [0.2, 0.25) is 0 Å². The van der Waals surface area contributed by atoms with Crippen LogP contribution in [0.1, 0.15) is 22.3 Å². The van der Waals surface area contributed by atoms with Gasteiger partial charge in [-0.2, -0.15) is 15.3 Å². The first-order valence-corrected chi connectivity index (χ1v) is 22.0. The van der Waals surface area contributed by atoms with Crippen molar-refractivity contribution in [2.75, 3.05) is 28.3 Å². The summed E-state index contributed by atoms with van der Waals surface area (Å²) in [6.45, 7) is 2.03. The third-order valence-electron chi connectivity index (χ3n) is 6.45. The van der Waals surface area contributed by atoms with Crippen LogP contribution in [0.15, 0.2) is 112 Å². The van der Waals surface area contributed by atoms with Gasteiger partial charge < -0.3 is 18.3 Å². The monoisotopic (exact) mass is 758 g/mol. The Morgan fingerprint density at radius 1 is 0.479 bits per heavy atom. The molecule has 16 heteroatoms. The summed E-state index contributed by atoms with van der Waals surface area (Å²) in [5, 5.41) is 13.3. The number of rotatable bonds is 16. The second kappa shape index (κ2) is 18.8. The van der Waals surface area contributed by atoms with Gasteiger partial charge in [-0.1, -0.05) is 17.7 Å². The number of hydrogen-bond donors (Lipinski definition) is 0. The lowest BCUT2D eigenvalue weighted by molar-refractivity contribution is 0.415. The molecule has 3 unspecified atom stereocenters. The number of hydrazone groups is 3. The molecule has 0 radical (unpaired) electrons. The number of nitrogens with zero attached hydrogens (tertiary/aromatic N) is 6. The number of aryl methyl sites for hydroxylation is 1. The van der Waals surface area contributed by atoms with Crippen molar-refractivity contribution in [3.63, 3.8) is 0 Å². The lowest BCUT2D eigenvalue weighted by Gasteiger charge is -2.17. The van der Waals surface area contributed by atoms with Gasteiger partial charge in [0, 0.05) is 21.1 Å². The fourth-order valence-corrected chi connectivity index (χ4v) is 6.80. The molecule has 0 aliphatic rings. The summed E-state index contributed by atoms with van der Waals surface area (Å²) < 4.78 is 28.0. The Balaban J connectivity index is 1.22. The molecule has 0 aliphatic carbocycles. The molecular formula is C32H37N6O4P3S3. The van der Waals surface area contributed by atoms with Gasteiger partial charge in [-0.3, -0.25) is 0 Å². The van der Waals surface area contributed by atoms with Crippen LogP contribution in [0.5, 0.6) is 23.0 Å². The molecule has 3 atom stereocenters. The second-order valence-electron chi connectivity index (χ2n) is 10.1. The molecule has 4 aromatic carbocycles. The minimum absolute atomic E-state index is 0.656. The summed E-state index contributed by atoms with van der Waals surface area (Å²) in [4.78, 5) is 0. The molecule has 4 rings (SSSR count). The van der Waals surface area contributed by atoms with Crippen LogP contribution in [-0.4, -0.2) is 61.2 Å². The van der Waals surface area contributed by atoms with Gasteiger partial charge in [-0.15, -0.1) is 0 Å². The topological polar surface area (TPSA) is 83.7 Å². The van der Waals surface area contributed by atoms with E-state index >= 15 is 0 Å². The normalized spacial score (nSPS) is 13.3. The maximum Gasteiger partial charge on any atom is 0.207 e. The SMILES string of the molecule is COc1ccc(/C=N/N(C)[PH](=S)Oc2ccc(/C=N/N(C)[PH](=S)Oc3ccc(/C=N/N(C)[PH](=S)Oc4ccc(C)cc4)cc3)cc2)cc1. The lowest BCUT2D eigenvalue weighted by atomic mass is 10.2. The zero-order valence-corrected chi connectivity index (χ0v) is 32.5. The maximum absolute atomic E-state index is 5.99. The molecule has 0 aliphatic heterocycles. The molecular weight excluding hydrogens is 722 g/mol. The van der Waals surface area contributed by atoms with Crippen molar-refractivity contribution in [3.8, 4) is 23.0 Å². The van der Waals surface area contributed by atoms with Gasteiger partial charge in [0.2, 0.25) is 21.2 Å². The van der Waals surface area contributed by atoms with Gasteiger partial charge in [0.05, 0.1) is 25.8 Å². The fraction of sp³-hybridized carbons (Fsp3) is 0.156. The number of ether oxygens (including phenoxy) is 1. The summed E-state index contributed by atoms with van der Waals surface area (Å²) in [6, 6.07) is 30.4. The van der Waals surface area contributed by atoms with E-state index in [-0.39, 0.29) is 0 Å². The Labute approximate surface area is 299 Å². The van der Waals surface area contributed by atoms with Crippen LogP contribution < -0.4 is 18.3 Å². The van der Waals surface area contributed by atoms with Gasteiger partial charge in [0.25, 0.3) is 0 Å². The quantitative estimate of drug-likeness (QED) is 0.0649. The third kappa shape index (κ3) is 12.2. The van der Waals surface area contributed by atoms with Gasteiger partial charge in [-0.05, 0) is 144 Å². The Morgan fingerprint density at radius 3 is 1.04 bits per heavy atom.